The molecule has 3 fully saturated rings. The van der Waals surface area contributed by atoms with Crippen LogP contribution in [0.4, 0.5) is 8.78 Å². The molecule has 3 heterocycles. The van der Waals surface area contributed by atoms with Crippen molar-refractivity contribution in [3.05, 3.63) is 33.8 Å². The smallest absolute Gasteiger partial charge is 0.378 e. The molecular weight excluding hydrogens is 498 g/mol. The van der Waals surface area contributed by atoms with Crippen LogP contribution in [0.1, 0.15) is 55.5 Å². The Kier molecular flexibility index (Phi) is 7.01. The minimum atomic E-state index is -2.52. The zero-order valence-corrected chi connectivity index (χ0v) is 21.8. The summed E-state index contributed by atoms with van der Waals surface area (Å²) in [7, 11) is 0. The largest absolute Gasteiger partial charge is 0.477 e. The fourth-order valence-corrected chi connectivity index (χ4v) is 5.30. The highest BCUT2D eigenvalue weighted by Gasteiger charge is 2.45. The van der Waals surface area contributed by atoms with Crippen molar-refractivity contribution >= 4 is 23.5 Å². The Bertz CT molecular complexity index is 1310. The number of halogens is 2. The first kappa shape index (κ1) is 26.3. The van der Waals surface area contributed by atoms with E-state index in [0.717, 1.165) is 12.8 Å². The third-order valence-corrected chi connectivity index (χ3v) is 7.44. The second-order valence-corrected chi connectivity index (χ2v) is 11.2. The van der Waals surface area contributed by atoms with Crippen LogP contribution < -0.4 is 15.4 Å². The van der Waals surface area contributed by atoms with E-state index in [1.807, 2.05) is 13.8 Å². The van der Waals surface area contributed by atoms with Gasteiger partial charge in [0.05, 0.1) is 18.3 Å². The van der Waals surface area contributed by atoms with E-state index in [1.54, 1.807) is 17.2 Å². The summed E-state index contributed by atoms with van der Waals surface area (Å²) in [6.45, 7) is 7.19. The summed E-state index contributed by atoms with van der Waals surface area (Å²) in [6.07, 6.45) is 6.18. The maximum Gasteiger partial charge on any atom is 0.378 e. The molecule has 2 aromatic rings. The Morgan fingerprint density at radius 1 is 1.24 bits per heavy atom. The number of carbonyl (C=O) groups is 2. The van der Waals surface area contributed by atoms with E-state index in [0.29, 0.717) is 50.5 Å². The molecule has 38 heavy (non-hydrogen) atoms. The van der Waals surface area contributed by atoms with Gasteiger partial charge in [0.1, 0.15) is 0 Å². The van der Waals surface area contributed by atoms with Crippen molar-refractivity contribution in [2.45, 2.75) is 58.0 Å². The molecule has 10 nitrogen and oxygen atoms in total. The number of hydrogen-bond donors (Lipinski definition) is 3. The van der Waals surface area contributed by atoms with Gasteiger partial charge in [-0.1, -0.05) is 18.4 Å². The van der Waals surface area contributed by atoms with Crippen LogP contribution in [0.25, 0.3) is 11.7 Å². The van der Waals surface area contributed by atoms with Crippen LogP contribution in [0.2, 0.25) is 0 Å². The van der Waals surface area contributed by atoms with E-state index in [2.05, 4.69) is 15.3 Å². The predicted octanol–water partition coefficient (Wildman–Crippen LogP) is 1.37. The van der Waals surface area contributed by atoms with Crippen LogP contribution in [0.15, 0.2) is 17.1 Å². The summed E-state index contributed by atoms with van der Waals surface area (Å²) in [6, 6.07) is 0.0264. The maximum absolute atomic E-state index is 13.2. The molecular formula is C26H35F2N6O4+. The van der Waals surface area contributed by atoms with Gasteiger partial charge in [-0.3, -0.25) is 14.5 Å². The van der Waals surface area contributed by atoms with Crippen molar-refractivity contribution in [1.29, 1.82) is 0 Å². The highest BCUT2D eigenvalue weighted by Crippen LogP contribution is 2.42. The van der Waals surface area contributed by atoms with E-state index in [4.69, 9.17) is 0 Å². The van der Waals surface area contributed by atoms with Crippen LogP contribution in [0.5, 0.6) is 5.88 Å². The van der Waals surface area contributed by atoms with Gasteiger partial charge in [-0.2, -0.15) is 4.57 Å². The lowest BCUT2D eigenvalue weighted by Gasteiger charge is -2.41. The zero-order chi connectivity index (χ0) is 27.2. The predicted molar refractivity (Wildman–Crippen MR) is 135 cm³/mol. The second-order valence-electron chi connectivity index (χ2n) is 11.2. The van der Waals surface area contributed by atoms with Gasteiger partial charge in [0.2, 0.25) is 17.4 Å². The number of carbonyl (C=O) groups excluding carboxylic acids is 2. The highest BCUT2D eigenvalue weighted by atomic mass is 19.3. The van der Waals surface area contributed by atoms with Crippen molar-refractivity contribution in [1.82, 2.24) is 24.7 Å². The van der Waals surface area contributed by atoms with Gasteiger partial charge in [-0.15, -0.1) is 0 Å². The zero-order valence-electron chi connectivity index (χ0n) is 21.8. The number of aromatic amines is 1. The standard InChI is InChI=1S/C26H34F2N6O4/c1-16(2)14-33-23-18(13-29-34(23)25(38)21(24(33)37)22(36)30-19-4-5-19)3-6-20(35)32-9-7-31(8-10-32)15-17-11-26(27,28)12-17/h3,6,13,16-17,19H,4-5,7-12,14-15H2,1-2H3,(H2,30,36,37,38)/p+1/b6-3+. The lowest BCUT2D eigenvalue weighted by atomic mass is 9.81. The molecule has 2 amide bonds. The van der Waals surface area contributed by atoms with Crippen LogP contribution in [0, 0.1) is 11.8 Å². The normalized spacial score (nSPS) is 20.4. The van der Waals surface area contributed by atoms with Crippen molar-refractivity contribution in [3.8, 4) is 5.88 Å². The Labute approximate surface area is 218 Å². The van der Waals surface area contributed by atoms with E-state index in [1.165, 1.54) is 15.2 Å². The first-order valence-corrected chi connectivity index (χ1v) is 13.3. The van der Waals surface area contributed by atoms with Crippen LogP contribution in [-0.2, 0) is 11.3 Å². The first-order valence-electron chi connectivity index (χ1n) is 13.3. The average Bonchev–Trinajstić information content (AvgIpc) is 3.54. The fourth-order valence-electron chi connectivity index (χ4n) is 5.30. The number of rotatable bonds is 8. The Morgan fingerprint density at radius 3 is 2.53 bits per heavy atom. The highest BCUT2D eigenvalue weighted by molar-refractivity contribution is 5.96. The number of nitrogens with zero attached hydrogens (tertiary/aromatic N) is 4. The molecule has 2 aromatic heterocycles. The fraction of sp³-hybridized carbons (Fsp3) is 0.615. The summed E-state index contributed by atoms with van der Waals surface area (Å²) in [5.74, 6) is -3.59. The minimum absolute atomic E-state index is 0.0201. The Hall–Kier alpha value is -3.28. The number of fused-ring (bicyclic) bond motifs is 1. The van der Waals surface area contributed by atoms with Crippen molar-refractivity contribution in [3.63, 3.8) is 0 Å². The molecule has 12 heteroatoms. The number of nitrogens with one attached hydrogen (secondary N) is 2. The lowest BCUT2D eigenvalue weighted by Crippen LogP contribution is -2.51. The molecule has 0 unspecified atom stereocenters. The van der Waals surface area contributed by atoms with Crippen LogP contribution in [0.3, 0.4) is 0 Å². The quantitative estimate of drug-likeness (QED) is 0.351. The molecule has 2 saturated carbocycles. The second kappa shape index (κ2) is 10.1. The summed E-state index contributed by atoms with van der Waals surface area (Å²) in [4.78, 5) is 42.6. The first-order chi connectivity index (χ1) is 18.0. The molecule has 1 saturated heterocycles. The van der Waals surface area contributed by atoms with Crippen molar-refractivity contribution in [2.75, 3.05) is 32.7 Å². The van der Waals surface area contributed by atoms with Crippen molar-refractivity contribution < 1.29 is 28.0 Å². The van der Waals surface area contributed by atoms with E-state index in [9.17, 15) is 28.3 Å². The number of alkyl halides is 2. The number of hydrogen-bond acceptors (Lipinski definition) is 5. The van der Waals surface area contributed by atoms with Gasteiger partial charge in [-0.05, 0) is 30.8 Å². The maximum atomic E-state index is 13.2. The molecule has 0 bridgehead atoms. The number of amides is 2. The molecule has 0 atom stereocenters. The van der Waals surface area contributed by atoms with Gasteiger partial charge in [-0.25, -0.2) is 18.7 Å². The molecule has 1 aliphatic heterocycles. The lowest BCUT2D eigenvalue weighted by molar-refractivity contribution is -0.686. The minimum Gasteiger partial charge on any atom is -0.477 e. The SMILES string of the molecule is CC(C)C[n+]1c(O)c(C(=O)NC2CC2)c(=O)n2[nH]cc(/C=C/C(=O)N3CCN(CC4CC(F)(F)C4)CC3)c21. The number of piperazine rings is 1. The van der Waals surface area contributed by atoms with Gasteiger partial charge >= 0.3 is 17.1 Å². The van der Waals surface area contributed by atoms with E-state index >= 15 is 0 Å². The summed E-state index contributed by atoms with van der Waals surface area (Å²) in [5.41, 5.74) is -0.102. The van der Waals surface area contributed by atoms with Crippen molar-refractivity contribution in [2.24, 2.45) is 11.8 Å². The average molecular weight is 534 g/mol. The Balaban J connectivity index is 1.32. The molecule has 3 N–H and O–H groups in total. The van der Waals surface area contributed by atoms with Gasteiger partial charge in [0, 0.05) is 57.7 Å². The van der Waals surface area contributed by atoms with Gasteiger partial charge in [0.15, 0.2) is 0 Å². The van der Waals surface area contributed by atoms with Gasteiger partial charge in [0.25, 0.3) is 5.91 Å². The molecule has 5 rings (SSSR count). The Morgan fingerprint density at radius 2 is 1.92 bits per heavy atom. The topological polar surface area (TPSA) is 114 Å². The third kappa shape index (κ3) is 5.45. The number of H-pyrrole nitrogens is 1. The van der Waals surface area contributed by atoms with Crippen LogP contribution in [-0.4, -0.2) is 81.0 Å². The molecule has 206 valence electrons. The molecule has 3 aliphatic rings. The van der Waals surface area contributed by atoms with E-state index < -0.39 is 23.3 Å². The van der Waals surface area contributed by atoms with Gasteiger partial charge < -0.3 is 15.3 Å². The number of aromatic hydroxyl groups is 1. The van der Waals surface area contributed by atoms with E-state index in [-0.39, 0.29) is 42.2 Å². The molecule has 0 aromatic carbocycles. The molecule has 0 spiro atoms. The molecule has 0 radical (unpaired) electrons. The summed E-state index contributed by atoms with van der Waals surface area (Å²) >= 11 is 0. The number of aromatic nitrogens is 3. The third-order valence-electron chi connectivity index (χ3n) is 7.44. The summed E-state index contributed by atoms with van der Waals surface area (Å²) in [5, 5.41) is 16.6. The monoisotopic (exact) mass is 533 g/mol. The molecule has 2 aliphatic carbocycles. The summed E-state index contributed by atoms with van der Waals surface area (Å²) < 4.78 is 29.0. The van der Waals surface area contributed by atoms with Crippen LogP contribution >= 0.6 is 0 Å².